The van der Waals surface area contributed by atoms with E-state index < -0.39 is 23.2 Å². The highest BCUT2D eigenvalue weighted by atomic mass is 19.1. The molecule has 1 atom stereocenters. The molecule has 1 aromatic carbocycles. The molecule has 0 unspecified atom stereocenters. The molecule has 34 heavy (non-hydrogen) atoms. The minimum atomic E-state index is -1.05. The number of amides is 1. The van der Waals surface area contributed by atoms with E-state index in [9.17, 15) is 9.59 Å². The summed E-state index contributed by atoms with van der Waals surface area (Å²) in [4.78, 5) is 27.3. The minimum Gasteiger partial charge on any atom is -0.493 e. The zero-order valence-corrected chi connectivity index (χ0v) is 20.4. The van der Waals surface area contributed by atoms with Crippen molar-refractivity contribution in [3.63, 3.8) is 0 Å². The number of carbonyl (C=O) groups excluding carboxylic acids is 2. The fourth-order valence-corrected chi connectivity index (χ4v) is 8.14. The van der Waals surface area contributed by atoms with Crippen molar-refractivity contribution < 1.29 is 23.5 Å². The number of hydrogen-bond acceptors (Lipinski definition) is 4. The quantitative estimate of drug-likeness (QED) is 0.519. The summed E-state index contributed by atoms with van der Waals surface area (Å²) in [5.74, 6) is 2.04. The summed E-state index contributed by atoms with van der Waals surface area (Å²) < 4.78 is 26.8. The van der Waals surface area contributed by atoms with Crippen molar-refractivity contribution in [1.82, 2.24) is 4.90 Å². The molecule has 4 bridgehead atoms. The Bertz CT molecular complexity index is 983. The van der Waals surface area contributed by atoms with Gasteiger partial charge in [-0.2, -0.15) is 0 Å². The van der Waals surface area contributed by atoms with Gasteiger partial charge in [-0.15, -0.1) is 0 Å². The standard InChI is InChI=1S/C28H36FNO4/c1-27(26(32)33-2)6-3-7-30(27)25(31)22-11-21(20-4-5-20)24(12-23(22)29)34-16-28-13-17-8-18(14-28)10-19(9-17)15-28/h11-12,17-20H,3-10,13-16H2,1-2H3/t17?,18?,19?,27-,28?/m0/s1. The van der Waals surface area contributed by atoms with E-state index in [-0.39, 0.29) is 11.0 Å². The average Bonchev–Trinajstić information content (AvgIpc) is 3.57. The number of hydrogen-bond donors (Lipinski definition) is 0. The Balaban J connectivity index is 1.25. The van der Waals surface area contributed by atoms with Gasteiger partial charge in [0.15, 0.2) is 0 Å². The van der Waals surface area contributed by atoms with Crippen LogP contribution in [0.4, 0.5) is 4.39 Å². The molecule has 1 aliphatic heterocycles. The van der Waals surface area contributed by atoms with Crippen molar-refractivity contribution in [2.75, 3.05) is 20.3 Å². The maximum Gasteiger partial charge on any atom is 0.331 e. The second-order valence-corrected chi connectivity index (χ2v) is 12.2. The molecule has 1 saturated heterocycles. The normalized spacial score (nSPS) is 36.1. The molecule has 6 fully saturated rings. The Hall–Kier alpha value is -2.11. The van der Waals surface area contributed by atoms with E-state index in [2.05, 4.69) is 0 Å². The smallest absolute Gasteiger partial charge is 0.331 e. The molecule has 7 rings (SSSR count). The lowest BCUT2D eigenvalue weighted by molar-refractivity contribution is -0.151. The highest BCUT2D eigenvalue weighted by Gasteiger charge is 2.51. The Labute approximate surface area is 201 Å². The molecular weight excluding hydrogens is 433 g/mol. The number of ether oxygens (including phenoxy) is 2. The second-order valence-electron chi connectivity index (χ2n) is 12.2. The molecule has 5 saturated carbocycles. The zero-order valence-electron chi connectivity index (χ0n) is 20.4. The van der Waals surface area contributed by atoms with E-state index in [1.807, 2.05) is 0 Å². The van der Waals surface area contributed by atoms with Crippen LogP contribution in [-0.4, -0.2) is 42.6 Å². The van der Waals surface area contributed by atoms with Crippen molar-refractivity contribution in [2.24, 2.45) is 23.2 Å². The number of methoxy groups -OCH3 is 1. The lowest BCUT2D eigenvalue weighted by Crippen LogP contribution is -2.51. The fourth-order valence-electron chi connectivity index (χ4n) is 8.14. The van der Waals surface area contributed by atoms with Crippen molar-refractivity contribution >= 4 is 11.9 Å². The van der Waals surface area contributed by atoms with Crippen molar-refractivity contribution in [1.29, 1.82) is 0 Å². The Morgan fingerprint density at radius 2 is 1.74 bits per heavy atom. The first kappa shape index (κ1) is 22.4. The third-order valence-electron chi connectivity index (χ3n) is 9.56. The van der Waals surface area contributed by atoms with Gasteiger partial charge in [0.25, 0.3) is 5.91 Å². The van der Waals surface area contributed by atoms with Gasteiger partial charge in [-0.1, -0.05) is 0 Å². The first-order valence-electron chi connectivity index (χ1n) is 13.2. The van der Waals surface area contributed by atoms with E-state index >= 15 is 4.39 Å². The molecular formula is C28H36FNO4. The van der Waals surface area contributed by atoms with Crippen LogP contribution < -0.4 is 4.74 Å². The summed E-state index contributed by atoms with van der Waals surface area (Å²) >= 11 is 0. The predicted molar refractivity (Wildman–Crippen MR) is 125 cm³/mol. The van der Waals surface area contributed by atoms with Gasteiger partial charge in [-0.05, 0) is 106 Å². The summed E-state index contributed by atoms with van der Waals surface area (Å²) in [7, 11) is 1.33. The van der Waals surface area contributed by atoms with E-state index in [1.54, 1.807) is 13.0 Å². The highest BCUT2D eigenvalue weighted by molar-refractivity contribution is 5.99. The molecule has 0 aromatic heterocycles. The van der Waals surface area contributed by atoms with Gasteiger partial charge in [-0.25, -0.2) is 9.18 Å². The maximum atomic E-state index is 15.4. The van der Waals surface area contributed by atoms with Crippen molar-refractivity contribution in [2.45, 2.75) is 82.6 Å². The average molecular weight is 470 g/mol. The number of esters is 1. The second kappa shape index (κ2) is 7.96. The molecule has 184 valence electrons. The molecule has 5 aliphatic carbocycles. The molecule has 6 heteroatoms. The summed E-state index contributed by atoms with van der Waals surface area (Å²) in [5, 5.41) is 0. The first-order valence-corrected chi connectivity index (χ1v) is 13.2. The zero-order chi connectivity index (χ0) is 23.7. The summed E-state index contributed by atoms with van der Waals surface area (Å²) in [5.41, 5.74) is 0.193. The van der Waals surface area contributed by atoms with Crippen molar-refractivity contribution in [3.8, 4) is 5.75 Å². The molecule has 1 heterocycles. The van der Waals surface area contributed by atoms with Crippen LogP contribution >= 0.6 is 0 Å². The van der Waals surface area contributed by atoms with Gasteiger partial charge in [-0.3, -0.25) is 4.79 Å². The lowest BCUT2D eigenvalue weighted by atomic mass is 9.50. The number of nitrogens with zero attached hydrogens (tertiary/aromatic N) is 1. The third-order valence-corrected chi connectivity index (χ3v) is 9.56. The topological polar surface area (TPSA) is 55.8 Å². The Morgan fingerprint density at radius 1 is 1.09 bits per heavy atom. The van der Waals surface area contributed by atoms with Crippen LogP contribution in [0.2, 0.25) is 0 Å². The van der Waals surface area contributed by atoms with Crippen LogP contribution in [0.15, 0.2) is 12.1 Å². The van der Waals surface area contributed by atoms with Crippen molar-refractivity contribution in [3.05, 3.63) is 29.1 Å². The summed E-state index contributed by atoms with van der Waals surface area (Å²) in [6.07, 6.45) is 11.2. The van der Waals surface area contributed by atoms with Crippen LogP contribution in [0.1, 0.15) is 93.0 Å². The monoisotopic (exact) mass is 469 g/mol. The van der Waals surface area contributed by atoms with Crippen LogP contribution in [0, 0.1) is 29.0 Å². The summed E-state index contributed by atoms with van der Waals surface area (Å²) in [6, 6.07) is 3.15. The number of rotatable bonds is 6. The maximum absolute atomic E-state index is 15.4. The lowest BCUT2D eigenvalue weighted by Gasteiger charge is -2.56. The number of halogens is 1. The minimum absolute atomic E-state index is 0.0427. The van der Waals surface area contributed by atoms with Gasteiger partial charge < -0.3 is 14.4 Å². The van der Waals surface area contributed by atoms with Gasteiger partial charge in [0.05, 0.1) is 19.3 Å². The van der Waals surface area contributed by atoms with E-state index in [4.69, 9.17) is 9.47 Å². The highest BCUT2D eigenvalue weighted by Crippen LogP contribution is 2.60. The molecule has 6 aliphatic rings. The van der Waals surface area contributed by atoms with Crippen LogP contribution in [-0.2, 0) is 9.53 Å². The van der Waals surface area contributed by atoms with Crippen LogP contribution in [0.3, 0.4) is 0 Å². The number of benzene rings is 1. The number of likely N-dealkylation sites (tertiary alicyclic amines) is 1. The molecule has 1 amide bonds. The Kier molecular flexibility index (Phi) is 5.23. The molecule has 0 spiro atoms. The number of carbonyl (C=O) groups is 2. The SMILES string of the molecule is COC(=O)[C@]1(C)CCCN1C(=O)c1cc(C2CC2)c(OCC23CC4CC(CC(C4)C2)C3)cc1F. The van der Waals surface area contributed by atoms with E-state index in [1.165, 1.54) is 56.6 Å². The van der Waals surface area contributed by atoms with Gasteiger partial charge in [0.1, 0.15) is 17.1 Å². The molecule has 0 N–H and O–H groups in total. The van der Waals surface area contributed by atoms with E-state index in [0.29, 0.717) is 37.7 Å². The summed E-state index contributed by atoms with van der Waals surface area (Å²) in [6.45, 7) is 2.80. The molecule has 5 nitrogen and oxygen atoms in total. The van der Waals surface area contributed by atoms with Gasteiger partial charge >= 0.3 is 5.97 Å². The predicted octanol–water partition coefficient (Wildman–Crippen LogP) is 5.47. The van der Waals surface area contributed by atoms with Crippen LogP contribution in [0.5, 0.6) is 5.75 Å². The van der Waals surface area contributed by atoms with Gasteiger partial charge in [0, 0.05) is 18.0 Å². The molecule has 0 radical (unpaired) electrons. The Morgan fingerprint density at radius 3 is 2.32 bits per heavy atom. The van der Waals surface area contributed by atoms with Gasteiger partial charge in [0.2, 0.25) is 0 Å². The molecule has 1 aromatic rings. The van der Waals surface area contributed by atoms with E-state index in [0.717, 1.165) is 36.2 Å². The first-order chi connectivity index (χ1) is 16.3. The van der Waals surface area contributed by atoms with Crippen LogP contribution in [0.25, 0.3) is 0 Å². The third kappa shape index (κ3) is 3.63. The fraction of sp³-hybridized carbons (Fsp3) is 0.714. The largest absolute Gasteiger partial charge is 0.493 e.